The van der Waals surface area contributed by atoms with Crippen LogP contribution in [-0.2, 0) is 7.05 Å². The van der Waals surface area contributed by atoms with Crippen molar-refractivity contribution in [2.24, 2.45) is 7.05 Å². The Morgan fingerprint density at radius 2 is 2.18 bits per heavy atom. The number of carbonyl (C=O) groups excluding carboxylic acids is 1. The van der Waals surface area contributed by atoms with Crippen LogP contribution in [0.15, 0.2) is 30.6 Å². The largest absolute Gasteiger partial charge is 0.480 e. The summed E-state index contributed by atoms with van der Waals surface area (Å²) in [7, 11) is 3.45. The van der Waals surface area contributed by atoms with Gasteiger partial charge in [-0.15, -0.1) is 0 Å². The van der Waals surface area contributed by atoms with Crippen LogP contribution in [0.3, 0.4) is 0 Å². The molecule has 6 nitrogen and oxygen atoms in total. The van der Waals surface area contributed by atoms with Crippen LogP contribution in [0.25, 0.3) is 0 Å². The van der Waals surface area contributed by atoms with Gasteiger partial charge in [0, 0.05) is 26.0 Å². The fraction of sp³-hybridized carbons (Fsp3) is 0.438. The number of rotatable bonds is 3. The Balaban J connectivity index is 1.94. The van der Waals surface area contributed by atoms with Crippen molar-refractivity contribution in [3.63, 3.8) is 0 Å². The Hall–Kier alpha value is -2.37. The van der Waals surface area contributed by atoms with Gasteiger partial charge in [0.2, 0.25) is 5.88 Å². The van der Waals surface area contributed by atoms with Crippen LogP contribution in [0, 0.1) is 0 Å². The van der Waals surface area contributed by atoms with Gasteiger partial charge in [-0.05, 0) is 37.5 Å². The summed E-state index contributed by atoms with van der Waals surface area (Å²) in [5.41, 5.74) is 1.58. The number of hydrogen-bond acceptors (Lipinski definition) is 4. The molecular weight excluding hydrogens is 280 g/mol. The minimum atomic E-state index is -0.0316. The monoisotopic (exact) mass is 300 g/mol. The van der Waals surface area contributed by atoms with E-state index in [4.69, 9.17) is 4.74 Å². The maximum atomic E-state index is 13.0. The first-order valence-corrected chi connectivity index (χ1v) is 7.50. The van der Waals surface area contributed by atoms with Crippen molar-refractivity contribution >= 4 is 5.91 Å². The predicted octanol–water partition coefficient (Wildman–Crippen LogP) is 2.19. The number of pyridine rings is 1. The minimum absolute atomic E-state index is 0.0316. The highest BCUT2D eigenvalue weighted by Crippen LogP contribution is 2.32. The van der Waals surface area contributed by atoms with Gasteiger partial charge in [0.1, 0.15) is 5.56 Å². The molecule has 1 amide bonds. The Labute approximate surface area is 129 Å². The zero-order valence-electron chi connectivity index (χ0n) is 12.9. The Morgan fingerprint density at radius 3 is 2.91 bits per heavy atom. The number of carbonyl (C=O) groups is 1. The molecule has 0 aromatic carbocycles. The molecule has 1 atom stereocenters. The number of amides is 1. The average Bonchev–Trinajstić information content (AvgIpc) is 3.00. The molecular formula is C16H20N4O2. The van der Waals surface area contributed by atoms with E-state index in [1.54, 1.807) is 24.5 Å². The molecule has 0 bridgehead atoms. The lowest BCUT2D eigenvalue weighted by Gasteiger charge is -2.36. The molecule has 3 rings (SSSR count). The van der Waals surface area contributed by atoms with E-state index in [9.17, 15) is 4.79 Å². The lowest BCUT2D eigenvalue weighted by molar-refractivity contribution is 0.0597. The van der Waals surface area contributed by atoms with Crippen LogP contribution in [0.1, 0.15) is 41.4 Å². The SMILES string of the molecule is COc1ncccc1C(=O)N1CCCC[C@@H]1c1ccnn1C. The second-order valence-corrected chi connectivity index (χ2v) is 5.45. The van der Waals surface area contributed by atoms with E-state index >= 15 is 0 Å². The zero-order chi connectivity index (χ0) is 15.5. The number of nitrogens with zero attached hydrogens (tertiary/aromatic N) is 4. The van der Waals surface area contributed by atoms with Crippen molar-refractivity contribution in [2.75, 3.05) is 13.7 Å². The lowest BCUT2D eigenvalue weighted by atomic mass is 9.98. The van der Waals surface area contributed by atoms with E-state index in [0.717, 1.165) is 31.5 Å². The number of piperidine rings is 1. The third kappa shape index (κ3) is 2.56. The fourth-order valence-electron chi connectivity index (χ4n) is 3.06. The summed E-state index contributed by atoms with van der Waals surface area (Å²) in [6, 6.07) is 5.57. The highest BCUT2D eigenvalue weighted by atomic mass is 16.5. The molecule has 2 aromatic rings. The number of aromatic nitrogens is 3. The van der Waals surface area contributed by atoms with Gasteiger partial charge >= 0.3 is 0 Å². The van der Waals surface area contributed by atoms with E-state index in [2.05, 4.69) is 10.1 Å². The van der Waals surface area contributed by atoms with E-state index < -0.39 is 0 Å². The maximum absolute atomic E-state index is 13.0. The van der Waals surface area contributed by atoms with E-state index in [0.29, 0.717) is 11.4 Å². The molecule has 0 N–H and O–H groups in total. The Kier molecular flexibility index (Phi) is 4.09. The molecule has 22 heavy (non-hydrogen) atoms. The molecule has 0 radical (unpaired) electrons. The predicted molar refractivity (Wildman–Crippen MR) is 81.6 cm³/mol. The molecule has 3 heterocycles. The summed E-state index contributed by atoms with van der Waals surface area (Å²) >= 11 is 0. The molecule has 116 valence electrons. The van der Waals surface area contributed by atoms with Crippen molar-refractivity contribution in [3.8, 4) is 5.88 Å². The summed E-state index contributed by atoms with van der Waals surface area (Å²) in [6.07, 6.45) is 6.49. The second-order valence-electron chi connectivity index (χ2n) is 5.45. The van der Waals surface area contributed by atoms with Crippen LogP contribution in [0.5, 0.6) is 5.88 Å². The highest BCUT2D eigenvalue weighted by molar-refractivity contribution is 5.96. The zero-order valence-corrected chi connectivity index (χ0v) is 12.9. The minimum Gasteiger partial charge on any atom is -0.480 e. The first kappa shape index (κ1) is 14.6. The molecule has 1 aliphatic heterocycles. The lowest BCUT2D eigenvalue weighted by Crippen LogP contribution is -2.39. The number of ether oxygens (including phenoxy) is 1. The van der Waals surface area contributed by atoms with Crippen molar-refractivity contribution in [2.45, 2.75) is 25.3 Å². The molecule has 0 saturated carbocycles. The summed E-state index contributed by atoms with van der Waals surface area (Å²) in [4.78, 5) is 19.0. The van der Waals surface area contributed by atoms with Crippen molar-refractivity contribution in [1.82, 2.24) is 19.7 Å². The molecule has 1 saturated heterocycles. The van der Waals surface area contributed by atoms with Gasteiger partial charge in [0.05, 0.1) is 18.8 Å². The van der Waals surface area contributed by atoms with Crippen LogP contribution in [-0.4, -0.2) is 39.2 Å². The van der Waals surface area contributed by atoms with Gasteiger partial charge in [-0.3, -0.25) is 9.48 Å². The van der Waals surface area contributed by atoms with Crippen LogP contribution in [0.2, 0.25) is 0 Å². The summed E-state index contributed by atoms with van der Waals surface area (Å²) in [6.45, 7) is 0.743. The molecule has 2 aromatic heterocycles. The maximum Gasteiger partial charge on any atom is 0.259 e. The fourth-order valence-corrected chi connectivity index (χ4v) is 3.06. The van der Waals surface area contributed by atoms with Gasteiger partial charge in [-0.25, -0.2) is 4.98 Å². The van der Waals surface area contributed by atoms with Gasteiger partial charge < -0.3 is 9.64 Å². The highest BCUT2D eigenvalue weighted by Gasteiger charge is 2.31. The van der Waals surface area contributed by atoms with Crippen molar-refractivity contribution < 1.29 is 9.53 Å². The summed E-state index contributed by atoms with van der Waals surface area (Å²) < 4.78 is 7.07. The Morgan fingerprint density at radius 1 is 1.32 bits per heavy atom. The first-order valence-electron chi connectivity index (χ1n) is 7.50. The quantitative estimate of drug-likeness (QED) is 0.872. The van der Waals surface area contributed by atoms with Gasteiger partial charge in [-0.2, -0.15) is 5.10 Å². The number of hydrogen-bond donors (Lipinski definition) is 0. The van der Waals surface area contributed by atoms with Crippen LogP contribution >= 0.6 is 0 Å². The molecule has 1 aliphatic rings. The van der Waals surface area contributed by atoms with E-state index in [1.807, 2.05) is 22.7 Å². The van der Waals surface area contributed by atoms with Crippen LogP contribution < -0.4 is 4.74 Å². The Bertz CT molecular complexity index is 668. The van der Waals surface area contributed by atoms with E-state index in [-0.39, 0.29) is 11.9 Å². The molecule has 0 spiro atoms. The molecule has 0 unspecified atom stereocenters. The third-order valence-electron chi connectivity index (χ3n) is 4.16. The molecule has 6 heteroatoms. The van der Waals surface area contributed by atoms with Gasteiger partial charge in [0.15, 0.2) is 0 Å². The van der Waals surface area contributed by atoms with Crippen LogP contribution in [0.4, 0.5) is 0 Å². The van der Waals surface area contributed by atoms with Crippen molar-refractivity contribution in [3.05, 3.63) is 41.9 Å². The topological polar surface area (TPSA) is 60.2 Å². The summed E-state index contributed by atoms with van der Waals surface area (Å²) in [5.74, 6) is 0.345. The molecule has 1 fully saturated rings. The van der Waals surface area contributed by atoms with Gasteiger partial charge in [-0.1, -0.05) is 0 Å². The molecule has 0 aliphatic carbocycles. The smallest absolute Gasteiger partial charge is 0.259 e. The second kappa shape index (κ2) is 6.17. The normalized spacial score (nSPS) is 18.3. The first-order chi connectivity index (χ1) is 10.7. The average molecular weight is 300 g/mol. The standard InChI is InChI=1S/C16H20N4O2/c1-19-13(8-10-18-19)14-7-3-4-11-20(14)16(21)12-6-5-9-17-15(12)22-2/h5-6,8-10,14H,3-4,7,11H2,1-2H3/t14-/m1/s1. The summed E-state index contributed by atoms with van der Waals surface area (Å²) in [5, 5.41) is 4.23. The number of methoxy groups -OCH3 is 1. The van der Waals surface area contributed by atoms with Gasteiger partial charge in [0.25, 0.3) is 5.91 Å². The van der Waals surface area contributed by atoms with E-state index in [1.165, 1.54) is 7.11 Å². The van der Waals surface area contributed by atoms with Crippen molar-refractivity contribution in [1.29, 1.82) is 0 Å². The third-order valence-corrected chi connectivity index (χ3v) is 4.16. The number of aryl methyl sites for hydroxylation is 1. The number of likely N-dealkylation sites (tertiary alicyclic amines) is 1.